The first-order valence-corrected chi connectivity index (χ1v) is 7.52. The molecule has 0 aromatic heterocycles. The fraction of sp³-hybridized carbons (Fsp3) is 0.200. The van der Waals surface area contributed by atoms with E-state index in [1.165, 1.54) is 11.1 Å². The Labute approximate surface area is 132 Å². The third-order valence-corrected chi connectivity index (χ3v) is 4.31. The van der Waals surface area contributed by atoms with E-state index in [9.17, 15) is 0 Å². The van der Waals surface area contributed by atoms with Crippen LogP contribution in [0, 0.1) is 10.5 Å². The van der Waals surface area contributed by atoms with Gasteiger partial charge in [-0.2, -0.15) is 0 Å². The van der Waals surface area contributed by atoms with Crippen LogP contribution in [0.2, 0.25) is 5.02 Å². The quantitative estimate of drug-likeness (QED) is 0.473. The van der Waals surface area contributed by atoms with Crippen LogP contribution < -0.4 is 11.3 Å². The van der Waals surface area contributed by atoms with Gasteiger partial charge in [0.1, 0.15) is 0 Å². The molecule has 2 aromatic rings. The van der Waals surface area contributed by atoms with Gasteiger partial charge in [-0.15, -0.1) is 0 Å². The second kappa shape index (κ2) is 6.70. The molecule has 0 aliphatic carbocycles. The molecule has 2 rings (SSSR count). The van der Waals surface area contributed by atoms with E-state index >= 15 is 0 Å². The van der Waals surface area contributed by atoms with Crippen LogP contribution in [0.3, 0.4) is 0 Å². The molecule has 100 valence electrons. The van der Waals surface area contributed by atoms with Gasteiger partial charge in [0.05, 0.1) is 6.04 Å². The average molecular weight is 387 g/mol. The summed E-state index contributed by atoms with van der Waals surface area (Å²) in [6.07, 6.45) is 0.840. The molecule has 0 amide bonds. The van der Waals surface area contributed by atoms with Gasteiger partial charge in [0, 0.05) is 8.59 Å². The molecule has 0 radical (unpaired) electrons. The maximum atomic E-state index is 6.07. The first kappa shape index (κ1) is 14.8. The number of aryl methyl sites for hydroxylation is 1. The molecule has 0 aliphatic heterocycles. The second-order valence-electron chi connectivity index (χ2n) is 4.57. The highest BCUT2D eigenvalue weighted by atomic mass is 127. The summed E-state index contributed by atoms with van der Waals surface area (Å²) < 4.78 is 1.16. The molecule has 4 heteroatoms. The molecule has 1 unspecified atom stereocenters. The SMILES string of the molecule is Cc1ccc(CC(NN)c2cc(Cl)ccc2I)cc1. The minimum atomic E-state index is 0.0632. The Bertz CT molecular complexity index is 555. The average Bonchev–Trinajstić information content (AvgIpc) is 2.41. The molecular weight excluding hydrogens is 371 g/mol. The molecule has 19 heavy (non-hydrogen) atoms. The minimum Gasteiger partial charge on any atom is -0.271 e. The van der Waals surface area contributed by atoms with E-state index in [2.05, 4.69) is 59.2 Å². The minimum absolute atomic E-state index is 0.0632. The summed E-state index contributed by atoms with van der Waals surface area (Å²) in [5.74, 6) is 5.71. The summed E-state index contributed by atoms with van der Waals surface area (Å²) in [5, 5.41) is 0.736. The summed E-state index contributed by atoms with van der Waals surface area (Å²) in [4.78, 5) is 0. The van der Waals surface area contributed by atoms with Crippen molar-refractivity contribution in [3.63, 3.8) is 0 Å². The predicted octanol–water partition coefficient (Wildman–Crippen LogP) is 4.00. The summed E-state index contributed by atoms with van der Waals surface area (Å²) in [6.45, 7) is 2.09. The van der Waals surface area contributed by atoms with E-state index in [1.807, 2.05) is 18.2 Å². The third-order valence-electron chi connectivity index (χ3n) is 3.10. The second-order valence-corrected chi connectivity index (χ2v) is 6.17. The highest BCUT2D eigenvalue weighted by molar-refractivity contribution is 14.1. The molecule has 0 saturated heterocycles. The predicted molar refractivity (Wildman–Crippen MR) is 89.1 cm³/mol. The van der Waals surface area contributed by atoms with Crippen molar-refractivity contribution in [2.75, 3.05) is 0 Å². The molecule has 1 atom stereocenters. The molecule has 2 nitrogen and oxygen atoms in total. The first-order chi connectivity index (χ1) is 9.10. The van der Waals surface area contributed by atoms with Gasteiger partial charge in [0.2, 0.25) is 0 Å². The zero-order chi connectivity index (χ0) is 13.8. The summed E-state index contributed by atoms with van der Waals surface area (Å²) >= 11 is 8.38. The summed E-state index contributed by atoms with van der Waals surface area (Å²) in [6, 6.07) is 14.5. The molecule has 0 saturated carbocycles. The van der Waals surface area contributed by atoms with Crippen molar-refractivity contribution < 1.29 is 0 Å². The highest BCUT2D eigenvalue weighted by Crippen LogP contribution is 2.26. The van der Waals surface area contributed by atoms with Crippen LogP contribution in [0.4, 0.5) is 0 Å². The van der Waals surface area contributed by atoms with Crippen LogP contribution in [0.25, 0.3) is 0 Å². The van der Waals surface area contributed by atoms with Crippen molar-refractivity contribution in [1.82, 2.24) is 5.43 Å². The van der Waals surface area contributed by atoms with Gasteiger partial charge in [-0.05, 0) is 65.3 Å². The number of nitrogens with one attached hydrogen (secondary N) is 1. The number of nitrogens with two attached hydrogens (primary N) is 1. The molecule has 0 aliphatic rings. The Kier molecular flexibility index (Phi) is 5.21. The normalized spacial score (nSPS) is 12.4. The maximum absolute atomic E-state index is 6.07. The lowest BCUT2D eigenvalue weighted by molar-refractivity contribution is 0.550. The van der Waals surface area contributed by atoms with E-state index in [-0.39, 0.29) is 6.04 Å². The van der Waals surface area contributed by atoms with Gasteiger partial charge >= 0.3 is 0 Å². The number of hydrazine groups is 1. The van der Waals surface area contributed by atoms with Gasteiger partial charge in [-0.1, -0.05) is 41.4 Å². The van der Waals surface area contributed by atoms with Crippen molar-refractivity contribution in [1.29, 1.82) is 0 Å². The van der Waals surface area contributed by atoms with Crippen LogP contribution in [0.15, 0.2) is 42.5 Å². The lowest BCUT2D eigenvalue weighted by atomic mass is 9.99. The van der Waals surface area contributed by atoms with E-state index < -0.39 is 0 Å². The molecular formula is C15H16ClIN2. The molecule has 2 aromatic carbocycles. The Morgan fingerprint density at radius 2 is 1.89 bits per heavy atom. The molecule has 0 spiro atoms. The third kappa shape index (κ3) is 3.92. The van der Waals surface area contributed by atoms with Crippen molar-refractivity contribution in [2.24, 2.45) is 5.84 Å². The van der Waals surface area contributed by atoms with E-state index in [4.69, 9.17) is 17.4 Å². The fourth-order valence-corrected chi connectivity index (χ4v) is 2.89. The number of hydrogen-bond donors (Lipinski definition) is 2. The Balaban J connectivity index is 2.24. The topological polar surface area (TPSA) is 38.0 Å². The van der Waals surface area contributed by atoms with E-state index in [0.29, 0.717) is 0 Å². The van der Waals surface area contributed by atoms with Crippen LogP contribution in [0.5, 0.6) is 0 Å². The van der Waals surface area contributed by atoms with Crippen molar-refractivity contribution in [3.8, 4) is 0 Å². The van der Waals surface area contributed by atoms with Crippen LogP contribution >= 0.6 is 34.2 Å². The first-order valence-electron chi connectivity index (χ1n) is 6.07. The highest BCUT2D eigenvalue weighted by Gasteiger charge is 2.14. The van der Waals surface area contributed by atoms with Gasteiger partial charge in [-0.25, -0.2) is 0 Å². The van der Waals surface area contributed by atoms with Gasteiger partial charge in [-0.3, -0.25) is 11.3 Å². The zero-order valence-corrected chi connectivity index (χ0v) is 13.6. The molecule has 0 heterocycles. The molecule has 3 N–H and O–H groups in total. The Morgan fingerprint density at radius 1 is 1.21 bits per heavy atom. The van der Waals surface area contributed by atoms with E-state index in [1.54, 1.807) is 0 Å². The van der Waals surface area contributed by atoms with Crippen LogP contribution in [-0.2, 0) is 6.42 Å². The zero-order valence-electron chi connectivity index (χ0n) is 10.7. The van der Waals surface area contributed by atoms with Crippen molar-refractivity contribution in [2.45, 2.75) is 19.4 Å². The van der Waals surface area contributed by atoms with Gasteiger partial charge < -0.3 is 0 Å². The number of hydrogen-bond acceptors (Lipinski definition) is 2. The smallest absolute Gasteiger partial charge is 0.0511 e. The largest absolute Gasteiger partial charge is 0.271 e. The monoisotopic (exact) mass is 386 g/mol. The van der Waals surface area contributed by atoms with Crippen molar-refractivity contribution >= 4 is 34.2 Å². The van der Waals surface area contributed by atoms with Crippen molar-refractivity contribution in [3.05, 3.63) is 67.7 Å². The van der Waals surface area contributed by atoms with Crippen LogP contribution in [0.1, 0.15) is 22.7 Å². The lowest BCUT2D eigenvalue weighted by Gasteiger charge is -2.18. The van der Waals surface area contributed by atoms with E-state index in [0.717, 1.165) is 20.6 Å². The number of benzene rings is 2. The number of halogens is 2. The fourth-order valence-electron chi connectivity index (χ4n) is 2.00. The lowest BCUT2D eigenvalue weighted by Crippen LogP contribution is -2.30. The number of rotatable bonds is 4. The van der Waals surface area contributed by atoms with Gasteiger partial charge in [0.15, 0.2) is 0 Å². The molecule has 0 fully saturated rings. The van der Waals surface area contributed by atoms with Crippen LogP contribution in [-0.4, -0.2) is 0 Å². The standard InChI is InChI=1S/C15H16ClIN2/c1-10-2-4-11(5-3-10)8-15(19-18)13-9-12(16)6-7-14(13)17/h2-7,9,15,19H,8,18H2,1H3. The summed E-state index contributed by atoms with van der Waals surface area (Å²) in [5.41, 5.74) is 6.54. The maximum Gasteiger partial charge on any atom is 0.0511 e. The molecule has 0 bridgehead atoms. The Morgan fingerprint density at radius 3 is 2.53 bits per heavy atom. The Hall–Kier alpha value is -0.620. The van der Waals surface area contributed by atoms with Gasteiger partial charge in [0.25, 0.3) is 0 Å². The summed E-state index contributed by atoms with van der Waals surface area (Å²) in [7, 11) is 0.